The maximum Gasteiger partial charge on any atom is 0.269 e. The summed E-state index contributed by atoms with van der Waals surface area (Å²) in [6.45, 7) is 0. The predicted molar refractivity (Wildman–Crippen MR) is 106 cm³/mol. The van der Waals surface area contributed by atoms with Gasteiger partial charge in [0.15, 0.2) is 16.6 Å². The third-order valence-corrected chi connectivity index (χ3v) is 3.60. The summed E-state index contributed by atoms with van der Waals surface area (Å²) in [7, 11) is 3.08. The van der Waals surface area contributed by atoms with Gasteiger partial charge in [-0.3, -0.25) is 25.8 Å². The van der Waals surface area contributed by atoms with Gasteiger partial charge in [0, 0.05) is 11.6 Å². The van der Waals surface area contributed by atoms with Gasteiger partial charge in [-0.2, -0.15) is 0 Å². The Kier molecular flexibility index (Phi) is 7.33. The lowest BCUT2D eigenvalue weighted by Gasteiger charge is -2.09. The van der Waals surface area contributed by atoms with Crippen LogP contribution in [0, 0.1) is 0 Å². The molecule has 2 amide bonds. The van der Waals surface area contributed by atoms with Crippen LogP contribution in [0.5, 0.6) is 11.5 Å². The number of hydrazine groups is 1. The van der Waals surface area contributed by atoms with Gasteiger partial charge in [-0.25, -0.2) is 0 Å². The van der Waals surface area contributed by atoms with Gasteiger partial charge < -0.3 is 9.47 Å². The zero-order valence-corrected chi connectivity index (χ0v) is 15.6. The van der Waals surface area contributed by atoms with Crippen LogP contribution in [-0.2, 0) is 4.79 Å². The molecule has 2 rings (SSSR count). The number of hydrogen-bond acceptors (Lipinski definition) is 5. The molecular weight excluding hydrogens is 366 g/mol. The average molecular weight is 385 g/mol. The normalized spacial score (nSPS) is 10.1. The Morgan fingerprint density at radius 3 is 2.33 bits per heavy atom. The van der Waals surface area contributed by atoms with Crippen molar-refractivity contribution >= 4 is 35.2 Å². The first kappa shape index (κ1) is 19.9. The van der Waals surface area contributed by atoms with E-state index in [1.54, 1.807) is 61.7 Å². The van der Waals surface area contributed by atoms with Crippen molar-refractivity contribution < 1.29 is 19.1 Å². The van der Waals surface area contributed by atoms with E-state index in [0.29, 0.717) is 17.1 Å². The van der Waals surface area contributed by atoms with Crippen molar-refractivity contribution in [2.75, 3.05) is 14.2 Å². The number of ether oxygens (including phenoxy) is 2. The maximum atomic E-state index is 11.9. The fourth-order valence-corrected chi connectivity index (χ4v) is 2.24. The van der Waals surface area contributed by atoms with Gasteiger partial charge in [0.2, 0.25) is 5.91 Å². The Bertz CT molecular complexity index is 853. The summed E-state index contributed by atoms with van der Waals surface area (Å²) in [5, 5.41) is 2.41. The highest BCUT2D eigenvalue weighted by Gasteiger charge is 2.06. The van der Waals surface area contributed by atoms with Gasteiger partial charge >= 0.3 is 0 Å². The average Bonchev–Trinajstić information content (AvgIpc) is 2.70. The summed E-state index contributed by atoms with van der Waals surface area (Å²) in [6.07, 6.45) is 2.91. The van der Waals surface area contributed by atoms with Gasteiger partial charge in [0.25, 0.3) is 5.91 Å². The van der Waals surface area contributed by atoms with E-state index < -0.39 is 5.91 Å². The summed E-state index contributed by atoms with van der Waals surface area (Å²) >= 11 is 4.97. The fraction of sp³-hybridized carbons (Fsp3) is 0.105. The number of thiocarbonyl (C=S) groups is 1. The van der Waals surface area contributed by atoms with E-state index in [1.807, 2.05) is 0 Å². The number of nitrogens with one attached hydrogen (secondary N) is 3. The number of carbonyl (C=O) groups is 2. The minimum absolute atomic E-state index is 0.0266. The second kappa shape index (κ2) is 9.93. The van der Waals surface area contributed by atoms with Crippen LogP contribution in [0.4, 0.5) is 0 Å². The first-order chi connectivity index (χ1) is 13.0. The van der Waals surface area contributed by atoms with E-state index in [1.165, 1.54) is 13.2 Å². The summed E-state index contributed by atoms with van der Waals surface area (Å²) in [5.41, 5.74) is 6.09. The third kappa shape index (κ3) is 6.12. The number of benzene rings is 2. The van der Waals surface area contributed by atoms with Gasteiger partial charge in [-0.15, -0.1) is 0 Å². The number of rotatable bonds is 5. The molecule has 140 valence electrons. The summed E-state index contributed by atoms with van der Waals surface area (Å²) in [6, 6.07) is 13.9. The maximum absolute atomic E-state index is 11.9. The minimum atomic E-state index is -0.448. The molecule has 7 nitrogen and oxygen atoms in total. The lowest BCUT2D eigenvalue weighted by atomic mass is 10.2. The number of methoxy groups -OCH3 is 2. The van der Waals surface area contributed by atoms with Crippen molar-refractivity contribution in [3.8, 4) is 11.5 Å². The van der Waals surface area contributed by atoms with Crippen molar-refractivity contribution in [2.24, 2.45) is 0 Å². The quantitative estimate of drug-likeness (QED) is 0.415. The molecule has 0 aliphatic heterocycles. The monoisotopic (exact) mass is 385 g/mol. The Balaban J connectivity index is 1.85. The molecule has 0 atom stereocenters. The molecule has 0 bridgehead atoms. The van der Waals surface area contributed by atoms with Crippen molar-refractivity contribution in [1.82, 2.24) is 16.2 Å². The summed E-state index contributed by atoms with van der Waals surface area (Å²) < 4.78 is 10.4. The molecule has 0 heterocycles. The molecule has 0 unspecified atom stereocenters. The van der Waals surface area contributed by atoms with Gasteiger partial charge in [-0.1, -0.05) is 24.3 Å². The lowest BCUT2D eigenvalue weighted by Crippen LogP contribution is -2.48. The number of carbonyl (C=O) groups excluding carboxylic acids is 2. The molecule has 0 aliphatic carbocycles. The highest BCUT2D eigenvalue weighted by Crippen LogP contribution is 2.27. The molecular formula is C19H19N3O4S. The molecule has 3 N–H and O–H groups in total. The Morgan fingerprint density at radius 1 is 0.963 bits per heavy atom. The SMILES string of the molecule is COc1ccc(C=CC(=O)NC(=S)NNC(=O)c2ccccc2)cc1OC. The second-order valence-corrected chi connectivity index (χ2v) is 5.62. The third-order valence-electron chi connectivity index (χ3n) is 3.40. The molecule has 0 saturated heterocycles. The Morgan fingerprint density at radius 2 is 1.67 bits per heavy atom. The second-order valence-electron chi connectivity index (χ2n) is 5.21. The first-order valence-electron chi connectivity index (χ1n) is 7.90. The van der Waals surface area contributed by atoms with Crippen molar-refractivity contribution in [3.05, 3.63) is 65.7 Å². The van der Waals surface area contributed by atoms with E-state index in [4.69, 9.17) is 21.7 Å². The van der Waals surface area contributed by atoms with Crippen molar-refractivity contribution in [2.45, 2.75) is 0 Å². The van der Waals surface area contributed by atoms with Crippen LogP contribution in [0.15, 0.2) is 54.6 Å². The number of amides is 2. The van der Waals surface area contributed by atoms with Crippen molar-refractivity contribution in [1.29, 1.82) is 0 Å². The van der Waals surface area contributed by atoms with E-state index >= 15 is 0 Å². The Labute approximate surface area is 162 Å². The fourth-order valence-electron chi connectivity index (χ4n) is 2.09. The van der Waals surface area contributed by atoms with Crippen molar-refractivity contribution in [3.63, 3.8) is 0 Å². The summed E-state index contributed by atoms with van der Waals surface area (Å²) in [5.74, 6) is 0.337. The molecule has 0 spiro atoms. The van der Waals surface area contributed by atoms with Crippen LogP contribution in [0.2, 0.25) is 0 Å². The molecule has 2 aromatic carbocycles. The predicted octanol–water partition coefficient (Wildman–Crippen LogP) is 2.05. The van der Waals surface area contributed by atoms with E-state index in [9.17, 15) is 9.59 Å². The summed E-state index contributed by atoms with van der Waals surface area (Å²) in [4.78, 5) is 23.8. The largest absolute Gasteiger partial charge is 0.493 e. The first-order valence-corrected chi connectivity index (χ1v) is 8.30. The van der Waals surface area contributed by atoms with Crippen LogP contribution >= 0.6 is 12.2 Å². The molecule has 0 radical (unpaired) electrons. The van der Waals surface area contributed by atoms with Gasteiger partial charge in [0.1, 0.15) is 0 Å². The molecule has 0 fully saturated rings. The zero-order valence-electron chi connectivity index (χ0n) is 14.8. The number of hydrogen-bond donors (Lipinski definition) is 3. The van der Waals surface area contributed by atoms with Crippen LogP contribution in [0.1, 0.15) is 15.9 Å². The zero-order chi connectivity index (χ0) is 19.6. The Hall–Kier alpha value is -3.39. The molecule has 0 aromatic heterocycles. The highest BCUT2D eigenvalue weighted by molar-refractivity contribution is 7.80. The molecule has 0 saturated carbocycles. The van der Waals surface area contributed by atoms with E-state index in [-0.39, 0.29) is 11.0 Å². The highest BCUT2D eigenvalue weighted by atomic mass is 32.1. The van der Waals surface area contributed by atoms with Gasteiger partial charge in [0.05, 0.1) is 14.2 Å². The van der Waals surface area contributed by atoms with E-state index in [0.717, 1.165) is 5.56 Å². The molecule has 8 heteroatoms. The topological polar surface area (TPSA) is 88.7 Å². The van der Waals surface area contributed by atoms with E-state index in [2.05, 4.69) is 16.2 Å². The molecule has 0 aliphatic rings. The van der Waals surface area contributed by atoms with Gasteiger partial charge in [-0.05, 0) is 48.1 Å². The standard InChI is InChI=1S/C19H19N3O4S/c1-25-15-10-8-13(12-16(15)26-2)9-11-17(23)20-19(27)22-21-18(24)14-6-4-3-5-7-14/h3-12H,1-2H3,(H,21,24)(H2,20,22,23,27). The van der Waals surface area contributed by atoms with Crippen LogP contribution in [0.3, 0.4) is 0 Å². The smallest absolute Gasteiger partial charge is 0.269 e. The molecule has 27 heavy (non-hydrogen) atoms. The molecule has 2 aromatic rings. The van der Waals surface area contributed by atoms with Crippen LogP contribution < -0.4 is 25.6 Å². The lowest BCUT2D eigenvalue weighted by molar-refractivity contribution is -0.115. The van der Waals surface area contributed by atoms with Crippen LogP contribution in [-0.4, -0.2) is 31.1 Å². The van der Waals surface area contributed by atoms with Crippen LogP contribution in [0.25, 0.3) is 6.08 Å². The minimum Gasteiger partial charge on any atom is -0.493 e.